The van der Waals surface area contributed by atoms with Crippen molar-refractivity contribution in [1.82, 2.24) is 9.78 Å². The lowest BCUT2D eigenvalue weighted by molar-refractivity contribution is -0.118. The van der Waals surface area contributed by atoms with Crippen LogP contribution in [0.2, 0.25) is 0 Å². The number of rotatable bonds is 9. The highest BCUT2D eigenvalue weighted by Gasteiger charge is 2.10. The molecular formula is C23H23N3O4. The van der Waals surface area contributed by atoms with E-state index in [0.29, 0.717) is 29.5 Å². The van der Waals surface area contributed by atoms with Gasteiger partial charge in [0.15, 0.2) is 18.1 Å². The Morgan fingerprint density at radius 3 is 2.57 bits per heavy atom. The minimum atomic E-state index is -0.270. The molecule has 1 heterocycles. The molecule has 7 heteroatoms. The molecule has 0 bridgehead atoms. The highest BCUT2D eigenvalue weighted by Crippen LogP contribution is 2.29. The summed E-state index contributed by atoms with van der Waals surface area (Å²) in [5.41, 5.74) is 1.85. The number of allylic oxidation sites excluding steroid dienone is 1. The number of aryl methyl sites for hydroxylation is 1. The zero-order chi connectivity index (χ0) is 21.3. The highest BCUT2D eigenvalue weighted by molar-refractivity contribution is 6.05. The van der Waals surface area contributed by atoms with E-state index in [2.05, 4.69) is 10.4 Å². The van der Waals surface area contributed by atoms with Gasteiger partial charge in [-0.25, -0.2) is 0 Å². The smallest absolute Gasteiger partial charge is 0.262 e. The van der Waals surface area contributed by atoms with E-state index in [-0.39, 0.29) is 18.3 Å². The maximum atomic E-state index is 12.2. The number of hydrogen-bond donors (Lipinski definition) is 1. The van der Waals surface area contributed by atoms with Gasteiger partial charge in [0.2, 0.25) is 5.78 Å². The van der Waals surface area contributed by atoms with Gasteiger partial charge in [-0.1, -0.05) is 30.3 Å². The van der Waals surface area contributed by atoms with Crippen molar-refractivity contribution in [3.05, 3.63) is 78.1 Å². The average Bonchev–Trinajstić information content (AvgIpc) is 3.19. The van der Waals surface area contributed by atoms with Gasteiger partial charge in [0.1, 0.15) is 5.69 Å². The first kappa shape index (κ1) is 20.9. The maximum Gasteiger partial charge on any atom is 0.262 e. The van der Waals surface area contributed by atoms with E-state index in [1.165, 1.54) is 6.08 Å². The van der Waals surface area contributed by atoms with E-state index in [1.807, 2.05) is 25.1 Å². The van der Waals surface area contributed by atoms with E-state index in [0.717, 1.165) is 5.56 Å². The highest BCUT2D eigenvalue weighted by atomic mass is 16.5. The molecule has 30 heavy (non-hydrogen) atoms. The topological polar surface area (TPSA) is 82.5 Å². The molecule has 0 saturated carbocycles. The molecule has 154 valence electrons. The van der Waals surface area contributed by atoms with Gasteiger partial charge in [0, 0.05) is 18.9 Å². The summed E-state index contributed by atoms with van der Waals surface area (Å²) >= 11 is 0. The monoisotopic (exact) mass is 405 g/mol. The molecule has 0 saturated heterocycles. The number of carbonyl (C=O) groups is 2. The lowest BCUT2D eigenvalue weighted by Crippen LogP contribution is -2.20. The Morgan fingerprint density at radius 2 is 1.87 bits per heavy atom. The molecule has 0 spiro atoms. The summed E-state index contributed by atoms with van der Waals surface area (Å²) in [4.78, 5) is 24.3. The number of hydrogen-bond acceptors (Lipinski definition) is 5. The number of carbonyl (C=O) groups excluding carboxylic acids is 2. The Labute approximate surface area is 174 Å². The Bertz CT molecular complexity index is 1040. The molecule has 3 rings (SSSR count). The first-order valence-corrected chi connectivity index (χ1v) is 9.51. The van der Waals surface area contributed by atoms with E-state index in [9.17, 15) is 9.59 Å². The second-order valence-electron chi connectivity index (χ2n) is 6.41. The number of aromatic nitrogens is 2. The minimum absolute atomic E-state index is 0.150. The number of anilines is 1. The van der Waals surface area contributed by atoms with Crippen LogP contribution in [0.1, 0.15) is 23.0 Å². The van der Waals surface area contributed by atoms with Crippen molar-refractivity contribution in [2.24, 2.45) is 7.05 Å². The van der Waals surface area contributed by atoms with Gasteiger partial charge in [-0.2, -0.15) is 5.10 Å². The molecule has 0 aliphatic rings. The van der Waals surface area contributed by atoms with Crippen LogP contribution < -0.4 is 14.8 Å². The molecule has 0 fully saturated rings. The van der Waals surface area contributed by atoms with Crippen LogP contribution in [0.4, 0.5) is 5.69 Å². The fourth-order valence-corrected chi connectivity index (χ4v) is 2.68. The summed E-state index contributed by atoms with van der Waals surface area (Å²) in [5.74, 6) is 0.491. The largest absolute Gasteiger partial charge is 0.490 e. The van der Waals surface area contributed by atoms with Crippen molar-refractivity contribution >= 4 is 23.5 Å². The average molecular weight is 405 g/mol. The normalized spacial score (nSPS) is 10.7. The number of benzene rings is 2. The second kappa shape index (κ2) is 10.1. The third kappa shape index (κ3) is 5.81. The predicted octanol–water partition coefficient (Wildman–Crippen LogP) is 3.73. The molecule has 0 atom stereocenters. The summed E-state index contributed by atoms with van der Waals surface area (Å²) in [6.07, 6.45) is 4.86. The van der Waals surface area contributed by atoms with Gasteiger partial charge in [-0.15, -0.1) is 0 Å². The van der Waals surface area contributed by atoms with E-state index in [1.54, 1.807) is 60.4 Å². The molecule has 2 aromatic carbocycles. The summed E-state index contributed by atoms with van der Waals surface area (Å²) in [6.45, 7) is 2.15. The Morgan fingerprint density at radius 1 is 1.07 bits per heavy atom. The quantitative estimate of drug-likeness (QED) is 0.433. The Balaban J connectivity index is 1.64. The van der Waals surface area contributed by atoms with Crippen molar-refractivity contribution in [1.29, 1.82) is 0 Å². The van der Waals surface area contributed by atoms with Crippen LogP contribution in [0.25, 0.3) is 6.08 Å². The summed E-state index contributed by atoms with van der Waals surface area (Å²) < 4.78 is 12.8. The van der Waals surface area contributed by atoms with Gasteiger partial charge >= 0.3 is 0 Å². The van der Waals surface area contributed by atoms with Crippen LogP contribution in [0, 0.1) is 0 Å². The Hall–Kier alpha value is -3.87. The zero-order valence-corrected chi connectivity index (χ0v) is 16.9. The van der Waals surface area contributed by atoms with Crippen molar-refractivity contribution in [2.75, 3.05) is 18.5 Å². The molecule has 0 aliphatic heterocycles. The molecule has 0 radical (unpaired) electrons. The maximum absolute atomic E-state index is 12.2. The van der Waals surface area contributed by atoms with Gasteiger partial charge in [-0.05, 0) is 48.9 Å². The van der Waals surface area contributed by atoms with E-state index >= 15 is 0 Å². The van der Waals surface area contributed by atoms with Crippen LogP contribution in [-0.4, -0.2) is 34.7 Å². The fraction of sp³-hybridized carbons (Fsp3) is 0.174. The standard InChI is InChI=1S/C23H23N3O4/c1-3-29-22-15-17(9-11-20(27)19-13-14-26(2)25-19)10-12-21(22)30-16-23(28)24-18-7-5-4-6-8-18/h4-15H,3,16H2,1-2H3,(H,24,28)/b11-9+. The number of para-hydroxylation sites is 1. The molecule has 0 unspecified atom stereocenters. The summed E-state index contributed by atoms with van der Waals surface area (Å²) in [6, 6.07) is 16.1. The Kier molecular flexibility index (Phi) is 7.00. The molecule has 7 nitrogen and oxygen atoms in total. The zero-order valence-electron chi connectivity index (χ0n) is 16.9. The number of ketones is 1. The minimum Gasteiger partial charge on any atom is -0.490 e. The van der Waals surface area contributed by atoms with Gasteiger partial charge in [0.05, 0.1) is 6.61 Å². The molecule has 3 aromatic rings. The molecule has 1 amide bonds. The van der Waals surface area contributed by atoms with Crippen molar-refractivity contribution in [2.45, 2.75) is 6.92 Å². The lowest BCUT2D eigenvalue weighted by atomic mass is 10.1. The molecule has 1 N–H and O–H groups in total. The van der Waals surface area contributed by atoms with Crippen molar-refractivity contribution in [3.8, 4) is 11.5 Å². The number of nitrogens with zero attached hydrogens (tertiary/aromatic N) is 2. The van der Waals surface area contributed by atoms with Gasteiger partial charge < -0.3 is 14.8 Å². The first-order valence-electron chi connectivity index (χ1n) is 9.51. The number of ether oxygens (including phenoxy) is 2. The summed E-state index contributed by atoms with van der Waals surface area (Å²) in [5, 5.41) is 6.85. The fourth-order valence-electron chi connectivity index (χ4n) is 2.68. The van der Waals surface area contributed by atoms with Crippen LogP contribution >= 0.6 is 0 Å². The number of amides is 1. The molecular weight excluding hydrogens is 382 g/mol. The van der Waals surface area contributed by atoms with Crippen molar-refractivity contribution in [3.63, 3.8) is 0 Å². The third-order valence-corrected chi connectivity index (χ3v) is 4.08. The molecule has 1 aromatic heterocycles. The van der Waals surface area contributed by atoms with Crippen LogP contribution in [0.15, 0.2) is 66.9 Å². The second-order valence-corrected chi connectivity index (χ2v) is 6.41. The number of nitrogens with one attached hydrogen (secondary N) is 1. The SMILES string of the molecule is CCOc1cc(/C=C/C(=O)c2ccn(C)n2)ccc1OCC(=O)Nc1ccccc1. The predicted molar refractivity (Wildman–Crippen MR) is 115 cm³/mol. The van der Waals surface area contributed by atoms with Crippen molar-refractivity contribution < 1.29 is 19.1 Å². The van der Waals surface area contributed by atoms with E-state index in [4.69, 9.17) is 9.47 Å². The van der Waals surface area contributed by atoms with E-state index < -0.39 is 0 Å². The third-order valence-electron chi connectivity index (χ3n) is 4.08. The first-order chi connectivity index (χ1) is 14.5. The van der Waals surface area contributed by atoms with Gasteiger partial charge in [-0.3, -0.25) is 14.3 Å². The molecule has 0 aliphatic carbocycles. The van der Waals surface area contributed by atoms with Crippen LogP contribution in [-0.2, 0) is 11.8 Å². The van der Waals surface area contributed by atoms with Gasteiger partial charge in [0.25, 0.3) is 5.91 Å². The summed E-state index contributed by atoms with van der Waals surface area (Å²) in [7, 11) is 1.76. The van der Waals surface area contributed by atoms with Crippen LogP contribution in [0.3, 0.4) is 0 Å². The lowest BCUT2D eigenvalue weighted by Gasteiger charge is -2.12. The van der Waals surface area contributed by atoms with Crippen LogP contribution in [0.5, 0.6) is 11.5 Å².